The lowest BCUT2D eigenvalue weighted by molar-refractivity contribution is 0.299. The number of fused-ring (bicyclic) bond motifs is 1. The van der Waals surface area contributed by atoms with Crippen LogP contribution < -0.4 is 10.1 Å². The van der Waals surface area contributed by atoms with Crippen LogP contribution in [0.5, 0.6) is 5.75 Å². The van der Waals surface area contributed by atoms with E-state index < -0.39 is 0 Å². The molecule has 0 spiro atoms. The van der Waals surface area contributed by atoms with E-state index in [0.717, 1.165) is 24.3 Å². The number of ether oxygens (including phenoxy) is 1. The quantitative estimate of drug-likeness (QED) is 0.917. The maximum Gasteiger partial charge on any atom is 0.131 e. The summed E-state index contributed by atoms with van der Waals surface area (Å²) >= 11 is 1.60. The first-order chi connectivity index (χ1) is 8.88. The van der Waals surface area contributed by atoms with Crippen LogP contribution in [0.2, 0.25) is 0 Å². The van der Waals surface area contributed by atoms with Gasteiger partial charge >= 0.3 is 0 Å². The zero-order valence-corrected chi connectivity index (χ0v) is 11.2. The highest BCUT2D eigenvalue weighted by atomic mass is 32.1. The maximum absolute atomic E-state index is 5.90. The molecule has 18 heavy (non-hydrogen) atoms. The normalized spacial score (nSPS) is 17.7. The largest absolute Gasteiger partial charge is 0.487 e. The van der Waals surface area contributed by atoms with Gasteiger partial charge in [0.15, 0.2) is 0 Å². The lowest BCUT2D eigenvalue weighted by Crippen LogP contribution is -2.12. The van der Waals surface area contributed by atoms with Crippen molar-refractivity contribution in [2.45, 2.75) is 25.5 Å². The van der Waals surface area contributed by atoms with E-state index in [1.165, 1.54) is 11.1 Å². The van der Waals surface area contributed by atoms with Crippen LogP contribution in [0, 0.1) is 0 Å². The van der Waals surface area contributed by atoms with Crippen LogP contribution in [0.4, 0.5) is 0 Å². The molecule has 1 aromatic heterocycles. The van der Waals surface area contributed by atoms with Gasteiger partial charge < -0.3 is 10.1 Å². The Kier molecular flexibility index (Phi) is 3.30. The van der Waals surface area contributed by atoms with E-state index >= 15 is 0 Å². The Bertz CT molecular complexity index is 525. The second-order valence-corrected chi connectivity index (χ2v) is 5.19. The second kappa shape index (κ2) is 5.08. The second-order valence-electron chi connectivity index (χ2n) is 4.47. The summed E-state index contributed by atoms with van der Waals surface area (Å²) in [4.78, 5) is 4.24. The summed E-state index contributed by atoms with van der Waals surface area (Å²) in [5, 5.41) is 5.38. The molecule has 2 aromatic rings. The van der Waals surface area contributed by atoms with Crippen molar-refractivity contribution in [1.29, 1.82) is 0 Å². The molecule has 3 nitrogen and oxygen atoms in total. The summed E-state index contributed by atoms with van der Waals surface area (Å²) in [6.07, 6.45) is 2.25. The fourth-order valence-electron chi connectivity index (χ4n) is 2.52. The molecule has 4 heteroatoms. The van der Waals surface area contributed by atoms with Crippen molar-refractivity contribution in [2.75, 3.05) is 7.05 Å². The summed E-state index contributed by atoms with van der Waals surface area (Å²) in [5.41, 5.74) is 5.58. The number of hydrogen-bond acceptors (Lipinski definition) is 4. The molecule has 1 unspecified atom stereocenters. The van der Waals surface area contributed by atoms with Gasteiger partial charge in [-0.1, -0.05) is 12.1 Å². The van der Waals surface area contributed by atoms with Gasteiger partial charge in [-0.05, 0) is 37.1 Å². The predicted molar refractivity (Wildman–Crippen MR) is 73.0 cm³/mol. The first-order valence-corrected chi connectivity index (χ1v) is 7.11. The minimum Gasteiger partial charge on any atom is -0.487 e. The van der Waals surface area contributed by atoms with Crippen LogP contribution in [0.25, 0.3) is 0 Å². The molecular formula is C14H16N2OS. The molecule has 0 saturated carbocycles. The van der Waals surface area contributed by atoms with Gasteiger partial charge in [0.1, 0.15) is 12.4 Å². The van der Waals surface area contributed by atoms with Gasteiger partial charge in [0.2, 0.25) is 0 Å². The van der Waals surface area contributed by atoms with E-state index in [9.17, 15) is 0 Å². The Morgan fingerprint density at radius 3 is 3.22 bits per heavy atom. The Morgan fingerprint density at radius 2 is 2.44 bits per heavy atom. The molecule has 0 fully saturated rings. The molecule has 0 amide bonds. The third-order valence-corrected chi connectivity index (χ3v) is 4.07. The third kappa shape index (κ3) is 2.13. The average molecular weight is 260 g/mol. The highest BCUT2D eigenvalue weighted by Gasteiger charge is 2.23. The van der Waals surface area contributed by atoms with Crippen LogP contribution in [0.1, 0.15) is 29.3 Å². The molecule has 3 rings (SSSR count). The van der Waals surface area contributed by atoms with Gasteiger partial charge in [0, 0.05) is 11.4 Å². The topological polar surface area (TPSA) is 34.1 Å². The summed E-state index contributed by atoms with van der Waals surface area (Å²) < 4.78 is 5.90. The van der Waals surface area contributed by atoms with Crippen molar-refractivity contribution in [3.8, 4) is 5.75 Å². The van der Waals surface area contributed by atoms with Gasteiger partial charge in [0.05, 0.1) is 11.2 Å². The van der Waals surface area contributed by atoms with Crippen molar-refractivity contribution < 1.29 is 4.74 Å². The van der Waals surface area contributed by atoms with E-state index in [1.807, 2.05) is 17.9 Å². The maximum atomic E-state index is 5.90. The Balaban J connectivity index is 1.79. The van der Waals surface area contributed by atoms with E-state index in [1.54, 1.807) is 11.3 Å². The summed E-state index contributed by atoms with van der Waals surface area (Å²) in [7, 11) is 2.02. The Hall–Kier alpha value is -1.39. The Morgan fingerprint density at radius 1 is 1.50 bits per heavy atom. The minimum atomic E-state index is 0.475. The number of benzene rings is 1. The van der Waals surface area contributed by atoms with Crippen molar-refractivity contribution >= 4 is 11.3 Å². The number of aromatic nitrogens is 1. The van der Waals surface area contributed by atoms with Gasteiger partial charge in [0.25, 0.3) is 0 Å². The van der Waals surface area contributed by atoms with Crippen LogP contribution in [-0.4, -0.2) is 12.0 Å². The first kappa shape index (κ1) is 11.7. The molecule has 94 valence electrons. The van der Waals surface area contributed by atoms with Crippen LogP contribution in [0.15, 0.2) is 29.1 Å². The smallest absolute Gasteiger partial charge is 0.131 e. The SMILES string of the molecule is CNC1CCc2c(OCc3cscn3)cccc21. The fraction of sp³-hybridized carbons (Fsp3) is 0.357. The van der Waals surface area contributed by atoms with E-state index in [-0.39, 0.29) is 0 Å². The lowest BCUT2D eigenvalue weighted by Gasteiger charge is -2.12. The van der Waals surface area contributed by atoms with E-state index in [0.29, 0.717) is 12.6 Å². The first-order valence-electron chi connectivity index (χ1n) is 6.17. The third-order valence-electron chi connectivity index (χ3n) is 3.44. The number of hydrogen-bond donors (Lipinski definition) is 1. The molecule has 1 heterocycles. The number of nitrogens with one attached hydrogen (secondary N) is 1. The van der Waals surface area contributed by atoms with Gasteiger partial charge in [-0.2, -0.15) is 0 Å². The van der Waals surface area contributed by atoms with Gasteiger partial charge in [-0.15, -0.1) is 11.3 Å². The van der Waals surface area contributed by atoms with E-state index in [4.69, 9.17) is 4.74 Å². The van der Waals surface area contributed by atoms with Crippen LogP contribution in [-0.2, 0) is 13.0 Å². The molecular weight excluding hydrogens is 244 g/mol. The molecule has 1 atom stereocenters. The van der Waals surface area contributed by atoms with Crippen molar-refractivity contribution in [3.63, 3.8) is 0 Å². The monoisotopic (exact) mass is 260 g/mol. The molecule has 1 aromatic carbocycles. The van der Waals surface area contributed by atoms with Gasteiger partial charge in [-0.3, -0.25) is 0 Å². The van der Waals surface area contributed by atoms with Crippen LogP contribution >= 0.6 is 11.3 Å². The van der Waals surface area contributed by atoms with Crippen molar-refractivity contribution in [3.05, 3.63) is 45.9 Å². The molecule has 1 aliphatic rings. The van der Waals surface area contributed by atoms with Crippen LogP contribution in [0.3, 0.4) is 0 Å². The highest BCUT2D eigenvalue weighted by molar-refractivity contribution is 7.07. The molecule has 1 N–H and O–H groups in total. The number of rotatable bonds is 4. The number of thiazole rings is 1. The minimum absolute atomic E-state index is 0.475. The fourth-order valence-corrected chi connectivity index (χ4v) is 3.06. The predicted octanol–water partition coefficient (Wildman–Crippen LogP) is 2.93. The van der Waals surface area contributed by atoms with E-state index in [2.05, 4.69) is 28.5 Å². The molecule has 0 aliphatic heterocycles. The molecule has 1 aliphatic carbocycles. The molecule has 0 radical (unpaired) electrons. The standard InChI is InChI=1S/C14H16N2OS/c1-15-13-6-5-12-11(13)3-2-4-14(12)17-7-10-8-18-9-16-10/h2-4,8-9,13,15H,5-7H2,1H3. The molecule has 0 saturated heterocycles. The molecule has 0 bridgehead atoms. The average Bonchev–Trinajstić information content (AvgIpc) is 3.05. The lowest BCUT2D eigenvalue weighted by atomic mass is 10.1. The summed E-state index contributed by atoms with van der Waals surface area (Å²) in [6, 6.07) is 6.80. The van der Waals surface area contributed by atoms with Crippen molar-refractivity contribution in [1.82, 2.24) is 10.3 Å². The number of nitrogens with zero attached hydrogens (tertiary/aromatic N) is 1. The Labute approximate surface area is 111 Å². The summed E-state index contributed by atoms with van der Waals surface area (Å²) in [6.45, 7) is 0.560. The van der Waals surface area contributed by atoms with Crippen molar-refractivity contribution in [2.24, 2.45) is 0 Å². The van der Waals surface area contributed by atoms with Gasteiger partial charge in [-0.25, -0.2) is 4.98 Å². The highest BCUT2D eigenvalue weighted by Crippen LogP contribution is 2.36. The zero-order chi connectivity index (χ0) is 12.4. The zero-order valence-electron chi connectivity index (χ0n) is 10.3. The summed E-state index contributed by atoms with van der Waals surface area (Å²) in [5.74, 6) is 1.01.